The minimum atomic E-state index is 0.744. The van der Waals surface area contributed by atoms with Gasteiger partial charge in [0.2, 0.25) is 0 Å². The summed E-state index contributed by atoms with van der Waals surface area (Å²) in [6, 6.07) is 8.08. The SMILES string of the molecule is CCCNCCc1nnc(-c2cccc(OCCC)c2)s1. The maximum absolute atomic E-state index is 5.66. The lowest BCUT2D eigenvalue weighted by Gasteiger charge is -2.05. The van der Waals surface area contributed by atoms with Gasteiger partial charge in [-0.25, -0.2) is 0 Å². The molecule has 2 aromatic rings. The van der Waals surface area contributed by atoms with Crippen LogP contribution in [-0.2, 0) is 6.42 Å². The highest BCUT2D eigenvalue weighted by Crippen LogP contribution is 2.26. The fourth-order valence-corrected chi connectivity index (χ4v) is 2.74. The van der Waals surface area contributed by atoms with Crippen molar-refractivity contribution in [2.24, 2.45) is 0 Å². The molecule has 0 aliphatic rings. The molecule has 1 heterocycles. The Bertz CT molecular complexity index is 542. The summed E-state index contributed by atoms with van der Waals surface area (Å²) in [4.78, 5) is 0. The second-order valence-corrected chi connectivity index (χ2v) is 5.94. The summed E-state index contributed by atoms with van der Waals surface area (Å²) in [5.41, 5.74) is 1.08. The first-order valence-corrected chi connectivity index (χ1v) is 8.41. The van der Waals surface area contributed by atoms with Gasteiger partial charge in [-0.3, -0.25) is 0 Å². The molecule has 5 heteroatoms. The Morgan fingerprint density at radius 3 is 2.86 bits per heavy atom. The van der Waals surface area contributed by atoms with E-state index in [0.717, 1.165) is 60.3 Å². The number of benzene rings is 1. The first-order chi connectivity index (χ1) is 10.3. The second kappa shape index (κ2) is 8.74. The van der Waals surface area contributed by atoms with Gasteiger partial charge in [-0.05, 0) is 31.5 Å². The van der Waals surface area contributed by atoms with Gasteiger partial charge in [-0.1, -0.05) is 37.3 Å². The van der Waals surface area contributed by atoms with Crippen LogP contribution in [-0.4, -0.2) is 29.9 Å². The van der Waals surface area contributed by atoms with Crippen LogP contribution in [0.25, 0.3) is 10.6 Å². The minimum Gasteiger partial charge on any atom is -0.494 e. The molecule has 21 heavy (non-hydrogen) atoms. The molecule has 0 aliphatic heterocycles. The van der Waals surface area contributed by atoms with Gasteiger partial charge in [0, 0.05) is 18.5 Å². The zero-order valence-electron chi connectivity index (χ0n) is 12.8. The van der Waals surface area contributed by atoms with Crippen LogP contribution < -0.4 is 10.1 Å². The predicted octanol–water partition coefficient (Wildman–Crippen LogP) is 3.54. The molecule has 1 N–H and O–H groups in total. The van der Waals surface area contributed by atoms with Crippen molar-refractivity contribution < 1.29 is 4.74 Å². The van der Waals surface area contributed by atoms with Crippen LogP contribution in [0.4, 0.5) is 0 Å². The van der Waals surface area contributed by atoms with Crippen LogP contribution in [0.1, 0.15) is 31.7 Å². The molecule has 0 amide bonds. The van der Waals surface area contributed by atoms with E-state index in [1.807, 2.05) is 18.2 Å². The van der Waals surface area contributed by atoms with Crippen LogP contribution in [0, 0.1) is 0 Å². The lowest BCUT2D eigenvalue weighted by molar-refractivity contribution is 0.317. The molecule has 114 valence electrons. The Balaban J connectivity index is 1.96. The molecule has 0 aliphatic carbocycles. The first kappa shape index (κ1) is 15.9. The van der Waals surface area contributed by atoms with Gasteiger partial charge >= 0.3 is 0 Å². The number of nitrogens with zero attached hydrogens (tertiary/aromatic N) is 2. The smallest absolute Gasteiger partial charge is 0.147 e. The second-order valence-electron chi connectivity index (χ2n) is 4.88. The highest BCUT2D eigenvalue weighted by atomic mass is 32.1. The highest BCUT2D eigenvalue weighted by molar-refractivity contribution is 7.14. The number of hydrogen-bond donors (Lipinski definition) is 1. The summed E-state index contributed by atoms with van der Waals surface area (Å²) >= 11 is 1.66. The van der Waals surface area contributed by atoms with Crippen molar-refractivity contribution in [3.63, 3.8) is 0 Å². The van der Waals surface area contributed by atoms with E-state index in [1.54, 1.807) is 11.3 Å². The molecule has 4 nitrogen and oxygen atoms in total. The van der Waals surface area contributed by atoms with E-state index in [4.69, 9.17) is 4.74 Å². The van der Waals surface area contributed by atoms with Gasteiger partial charge in [0.05, 0.1) is 6.61 Å². The lowest BCUT2D eigenvalue weighted by Crippen LogP contribution is -2.17. The Morgan fingerprint density at radius 2 is 2.05 bits per heavy atom. The van der Waals surface area contributed by atoms with Crippen LogP contribution in [0.2, 0.25) is 0 Å². The van der Waals surface area contributed by atoms with Gasteiger partial charge in [0.1, 0.15) is 15.8 Å². The largest absolute Gasteiger partial charge is 0.494 e. The van der Waals surface area contributed by atoms with Crippen molar-refractivity contribution in [3.8, 4) is 16.3 Å². The molecule has 0 radical (unpaired) electrons. The van der Waals surface area contributed by atoms with Crippen molar-refractivity contribution in [3.05, 3.63) is 29.3 Å². The standard InChI is InChI=1S/C16H23N3OS/c1-3-9-17-10-8-15-18-19-16(21-15)13-6-5-7-14(12-13)20-11-4-2/h5-7,12,17H,3-4,8-11H2,1-2H3. The normalized spacial score (nSPS) is 10.8. The predicted molar refractivity (Wildman–Crippen MR) is 88.0 cm³/mol. The number of aromatic nitrogens is 2. The summed E-state index contributed by atoms with van der Waals surface area (Å²) in [5, 5.41) is 14.0. The molecular formula is C16H23N3OS. The third kappa shape index (κ3) is 5.10. The van der Waals surface area contributed by atoms with Crippen LogP contribution >= 0.6 is 11.3 Å². The fraction of sp³-hybridized carbons (Fsp3) is 0.500. The Morgan fingerprint density at radius 1 is 1.14 bits per heavy atom. The van der Waals surface area contributed by atoms with Gasteiger partial charge in [-0.15, -0.1) is 10.2 Å². The summed E-state index contributed by atoms with van der Waals surface area (Å²) in [6.45, 7) is 7.04. The number of rotatable bonds is 9. The van der Waals surface area contributed by atoms with E-state index in [9.17, 15) is 0 Å². The molecule has 0 atom stereocenters. The summed E-state index contributed by atoms with van der Waals surface area (Å²) < 4.78 is 5.66. The summed E-state index contributed by atoms with van der Waals surface area (Å²) in [5.74, 6) is 0.899. The molecule has 0 unspecified atom stereocenters. The Kier molecular flexibility index (Phi) is 6.63. The third-order valence-electron chi connectivity index (χ3n) is 2.96. The van der Waals surface area contributed by atoms with E-state index in [1.165, 1.54) is 0 Å². The van der Waals surface area contributed by atoms with Crippen molar-refractivity contribution in [1.82, 2.24) is 15.5 Å². The molecule has 2 rings (SSSR count). The Hall–Kier alpha value is -1.46. The van der Waals surface area contributed by atoms with Crippen LogP contribution in [0.3, 0.4) is 0 Å². The van der Waals surface area contributed by atoms with E-state index in [2.05, 4.69) is 35.4 Å². The van der Waals surface area contributed by atoms with Crippen LogP contribution in [0.15, 0.2) is 24.3 Å². The zero-order valence-corrected chi connectivity index (χ0v) is 13.6. The van der Waals surface area contributed by atoms with Gasteiger partial charge in [-0.2, -0.15) is 0 Å². The molecule has 1 aromatic heterocycles. The number of ether oxygens (including phenoxy) is 1. The molecule has 0 fully saturated rings. The van der Waals surface area contributed by atoms with E-state index in [-0.39, 0.29) is 0 Å². The minimum absolute atomic E-state index is 0.744. The van der Waals surface area contributed by atoms with Gasteiger partial charge in [0.25, 0.3) is 0 Å². The van der Waals surface area contributed by atoms with E-state index < -0.39 is 0 Å². The maximum Gasteiger partial charge on any atom is 0.147 e. The number of hydrogen-bond acceptors (Lipinski definition) is 5. The van der Waals surface area contributed by atoms with Crippen LogP contribution in [0.5, 0.6) is 5.75 Å². The quantitative estimate of drug-likeness (QED) is 0.720. The van der Waals surface area contributed by atoms with Crippen molar-refractivity contribution in [1.29, 1.82) is 0 Å². The molecule has 1 aromatic carbocycles. The van der Waals surface area contributed by atoms with Crippen molar-refractivity contribution in [2.75, 3.05) is 19.7 Å². The van der Waals surface area contributed by atoms with Gasteiger partial charge in [0.15, 0.2) is 0 Å². The highest BCUT2D eigenvalue weighted by Gasteiger charge is 2.07. The van der Waals surface area contributed by atoms with Gasteiger partial charge < -0.3 is 10.1 Å². The van der Waals surface area contributed by atoms with Crippen molar-refractivity contribution >= 4 is 11.3 Å². The maximum atomic E-state index is 5.66. The van der Waals surface area contributed by atoms with E-state index in [0.29, 0.717) is 0 Å². The molecule has 0 saturated carbocycles. The molecule has 0 saturated heterocycles. The molecule has 0 bridgehead atoms. The topological polar surface area (TPSA) is 47.0 Å². The Labute approximate surface area is 130 Å². The monoisotopic (exact) mass is 305 g/mol. The number of nitrogens with one attached hydrogen (secondary N) is 1. The van der Waals surface area contributed by atoms with E-state index >= 15 is 0 Å². The summed E-state index contributed by atoms with van der Waals surface area (Å²) in [6.07, 6.45) is 3.10. The lowest BCUT2D eigenvalue weighted by atomic mass is 10.2. The summed E-state index contributed by atoms with van der Waals surface area (Å²) in [7, 11) is 0. The zero-order chi connectivity index (χ0) is 14.9. The fourth-order valence-electron chi connectivity index (χ4n) is 1.91. The van der Waals surface area contributed by atoms with Crippen molar-refractivity contribution in [2.45, 2.75) is 33.1 Å². The average Bonchev–Trinajstić information content (AvgIpc) is 2.99. The third-order valence-corrected chi connectivity index (χ3v) is 4.00. The first-order valence-electron chi connectivity index (χ1n) is 7.59. The average molecular weight is 305 g/mol. The molecular weight excluding hydrogens is 282 g/mol. The molecule has 0 spiro atoms.